The largest absolute Gasteiger partial charge is 0.391 e. The monoisotopic (exact) mass is 290 g/mol. The maximum atomic E-state index is 9.43. The zero-order valence-electron chi connectivity index (χ0n) is 12.6. The molecule has 0 aliphatic heterocycles. The van der Waals surface area contributed by atoms with Crippen molar-refractivity contribution in [1.29, 1.82) is 0 Å². The number of thiazole rings is 1. The summed E-state index contributed by atoms with van der Waals surface area (Å²) in [7, 11) is 2.05. The molecule has 20 heavy (non-hydrogen) atoms. The van der Waals surface area contributed by atoms with Gasteiger partial charge in [-0.15, -0.1) is 0 Å². The first-order valence-corrected chi connectivity index (χ1v) is 7.70. The van der Waals surface area contributed by atoms with E-state index in [-0.39, 0.29) is 6.61 Å². The molecule has 1 N–H and O–H groups in total. The first kappa shape index (κ1) is 15.0. The lowest BCUT2D eigenvalue weighted by Gasteiger charge is -2.15. The van der Waals surface area contributed by atoms with Gasteiger partial charge < -0.3 is 10.0 Å². The topological polar surface area (TPSA) is 36.4 Å². The highest BCUT2D eigenvalue weighted by molar-refractivity contribution is 7.15. The second-order valence-corrected chi connectivity index (χ2v) is 6.52. The number of nitrogens with zero attached hydrogens (tertiary/aromatic N) is 2. The van der Waals surface area contributed by atoms with Crippen LogP contribution in [0.1, 0.15) is 41.5 Å². The maximum Gasteiger partial charge on any atom is 0.185 e. The highest BCUT2D eigenvalue weighted by atomic mass is 32.1. The van der Waals surface area contributed by atoms with E-state index in [1.807, 2.05) is 7.05 Å². The fourth-order valence-electron chi connectivity index (χ4n) is 2.11. The standard InChI is InChI=1S/C16H22N2OS/c1-11(2)15-14(10-19)20-16(17-15)18(4)9-13-7-5-12(3)6-8-13/h5-8,11,19H,9-10H2,1-4H3. The first-order valence-electron chi connectivity index (χ1n) is 6.88. The number of hydrogen-bond donors (Lipinski definition) is 1. The molecule has 2 aromatic rings. The number of hydrogen-bond acceptors (Lipinski definition) is 4. The minimum absolute atomic E-state index is 0.0730. The highest BCUT2D eigenvalue weighted by Crippen LogP contribution is 2.30. The molecule has 0 spiro atoms. The Morgan fingerprint density at radius 1 is 1.25 bits per heavy atom. The molecule has 0 radical (unpaired) electrons. The van der Waals surface area contributed by atoms with E-state index in [4.69, 9.17) is 0 Å². The van der Waals surface area contributed by atoms with Crippen molar-refractivity contribution in [2.45, 2.75) is 39.8 Å². The van der Waals surface area contributed by atoms with Gasteiger partial charge in [0.15, 0.2) is 5.13 Å². The van der Waals surface area contributed by atoms with Crippen LogP contribution in [0.25, 0.3) is 0 Å². The Kier molecular flexibility index (Phi) is 4.78. The second kappa shape index (κ2) is 6.37. The minimum atomic E-state index is 0.0730. The number of rotatable bonds is 5. The minimum Gasteiger partial charge on any atom is -0.391 e. The molecule has 0 bridgehead atoms. The summed E-state index contributed by atoms with van der Waals surface area (Å²) in [5, 5.41) is 10.4. The number of aliphatic hydroxyl groups is 1. The van der Waals surface area contributed by atoms with E-state index in [1.54, 1.807) is 11.3 Å². The number of aromatic nitrogens is 1. The zero-order chi connectivity index (χ0) is 14.7. The summed E-state index contributed by atoms with van der Waals surface area (Å²) in [6.07, 6.45) is 0. The molecule has 0 fully saturated rings. The molecule has 1 aromatic heterocycles. The van der Waals surface area contributed by atoms with Gasteiger partial charge in [0.1, 0.15) is 0 Å². The fourth-order valence-corrected chi connectivity index (χ4v) is 3.15. The molecule has 0 aliphatic carbocycles. The Bertz CT molecular complexity index is 560. The lowest BCUT2D eigenvalue weighted by Crippen LogP contribution is -2.16. The maximum absolute atomic E-state index is 9.43. The number of aryl methyl sites for hydroxylation is 1. The van der Waals surface area contributed by atoms with Gasteiger partial charge in [-0.05, 0) is 18.4 Å². The van der Waals surface area contributed by atoms with Crippen LogP contribution in [0.4, 0.5) is 5.13 Å². The Balaban J connectivity index is 2.16. The fraction of sp³-hybridized carbons (Fsp3) is 0.438. The van der Waals surface area contributed by atoms with Crippen LogP contribution in [-0.4, -0.2) is 17.1 Å². The number of aliphatic hydroxyl groups excluding tert-OH is 1. The molecule has 108 valence electrons. The molecule has 0 saturated carbocycles. The van der Waals surface area contributed by atoms with E-state index in [0.29, 0.717) is 5.92 Å². The molecule has 1 aromatic carbocycles. The van der Waals surface area contributed by atoms with Crippen molar-refractivity contribution in [1.82, 2.24) is 4.98 Å². The Morgan fingerprint density at radius 3 is 2.40 bits per heavy atom. The molecule has 2 rings (SSSR count). The third-order valence-corrected chi connectivity index (χ3v) is 4.44. The van der Waals surface area contributed by atoms with E-state index in [0.717, 1.165) is 22.2 Å². The molecule has 0 amide bonds. The predicted octanol–water partition coefficient (Wildman–Crippen LogP) is 3.70. The van der Waals surface area contributed by atoms with Crippen molar-refractivity contribution >= 4 is 16.5 Å². The van der Waals surface area contributed by atoms with Crippen molar-refractivity contribution in [3.05, 3.63) is 46.0 Å². The van der Waals surface area contributed by atoms with E-state index in [9.17, 15) is 5.11 Å². The van der Waals surface area contributed by atoms with Crippen molar-refractivity contribution in [2.75, 3.05) is 11.9 Å². The summed E-state index contributed by atoms with van der Waals surface area (Å²) in [5.41, 5.74) is 3.56. The van der Waals surface area contributed by atoms with Crippen LogP contribution in [0.3, 0.4) is 0 Å². The molecule has 0 unspecified atom stereocenters. The van der Waals surface area contributed by atoms with Crippen LogP contribution in [0.5, 0.6) is 0 Å². The predicted molar refractivity (Wildman–Crippen MR) is 85.4 cm³/mol. The molecular formula is C16H22N2OS. The smallest absolute Gasteiger partial charge is 0.185 e. The summed E-state index contributed by atoms with van der Waals surface area (Å²) in [6.45, 7) is 7.21. The molecule has 0 saturated heterocycles. The van der Waals surface area contributed by atoms with Crippen LogP contribution in [0.15, 0.2) is 24.3 Å². The van der Waals surface area contributed by atoms with Gasteiger partial charge in [-0.1, -0.05) is 55.0 Å². The lowest BCUT2D eigenvalue weighted by atomic mass is 10.1. The van der Waals surface area contributed by atoms with Crippen molar-refractivity contribution in [2.24, 2.45) is 0 Å². The molecule has 1 heterocycles. The molecular weight excluding hydrogens is 268 g/mol. The van der Waals surface area contributed by atoms with E-state index in [2.05, 4.69) is 54.9 Å². The van der Waals surface area contributed by atoms with Crippen molar-refractivity contribution in [3.8, 4) is 0 Å². The molecule has 0 aliphatic rings. The normalized spacial score (nSPS) is 11.1. The number of anilines is 1. The van der Waals surface area contributed by atoms with Gasteiger partial charge in [0.2, 0.25) is 0 Å². The van der Waals surface area contributed by atoms with Gasteiger partial charge in [-0.2, -0.15) is 0 Å². The van der Waals surface area contributed by atoms with Crippen LogP contribution in [0, 0.1) is 6.92 Å². The third-order valence-electron chi connectivity index (χ3n) is 3.27. The number of benzene rings is 1. The lowest BCUT2D eigenvalue weighted by molar-refractivity contribution is 0.283. The Labute approximate surface area is 124 Å². The zero-order valence-corrected chi connectivity index (χ0v) is 13.4. The van der Waals surface area contributed by atoms with Gasteiger partial charge >= 0.3 is 0 Å². The van der Waals surface area contributed by atoms with Gasteiger partial charge in [-0.25, -0.2) is 4.98 Å². The van der Waals surface area contributed by atoms with Crippen LogP contribution in [0.2, 0.25) is 0 Å². The van der Waals surface area contributed by atoms with Gasteiger partial charge in [-0.3, -0.25) is 0 Å². The van der Waals surface area contributed by atoms with Gasteiger partial charge in [0.05, 0.1) is 17.2 Å². The summed E-state index contributed by atoms with van der Waals surface area (Å²) in [5.74, 6) is 0.343. The highest BCUT2D eigenvalue weighted by Gasteiger charge is 2.16. The van der Waals surface area contributed by atoms with Crippen LogP contribution >= 0.6 is 11.3 Å². The first-order chi connectivity index (χ1) is 9.51. The summed E-state index contributed by atoms with van der Waals surface area (Å²) in [6, 6.07) is 8.55. The van der Waals surface area contributed by atoms with E-state index in [1.165, 1.54) is 11.1 Å². The van der Waals surface area contributed by atoms with Crippen molar-refractivity contribution < 1.29 is 5.11 Å². The summed E-state index contributed by atoms with van der Waals surface area (Å²) in [4.78, 5) is 7.80. The Hall–Kier alpha value is -1.39. The van der Waals surface area contributed by atoms with E-state index < -0.39 is 0 Å². The van der Waals surface area contributed by atoms with Crippen molar-refractivity contribution in [3.63, 3.8) is 0 Å². The third kappa shape index (κ3) is 3.38. The molecule has 4 heteroatoms. The molecule has 3 nitrogen and oxygen atoms in total. The Morgan fingerprint density at radius 2 is 1.90 bits per heavy atom. The average molecular weight is 290 g/mol. The van der Waals surface area contributed by atoms with Crippen LogP contribution < -0.4 is 4.90 Å². The average Bonchev–Trinajstić information content (AvgIpc) is 2.86. The van der Waals surface area contributed by atoms with Gasteiger partial charge in [0, 0.05) is 13.6 Å². The van der Waals surface area contributed by atoms with E-state index >= 15 is 0 Å². The molecule has 0 atom stereocenters. The SMILES string of the molecule is Cc1ccc(CN(C)c2nc(C(C)C)c(CO)s2)cc1. The van der Waals surface area contributed by atoms with Gasteiger partial charge in [0.25, 0.3) is 0 Å². The van der Waals surface area contributed by atoms with Crippen LogP contribution in [-0.2, 0) is 13.2 Å². The quantitative estimate of drug-likeness (QED) is 0.912. The summed E-state index contributed by atoms with van der Waals surface area (Å²) < 4.78 is 0. The second-order valence-electron chi connectivity index (χ2n) is 5.46. The summed E-state index contributed by atoms with van der Waals surface area (Å²) >= 11 is 1.58.